The molecule has 0 radical (unpaired) electrons. The molecule has 1 aliphatic heterocycles. The zero-order valence-electron chi connectivity index (χ0n) is 13.6. The minimum atomic E-state index is 0.198. The normalized spacial score (nSPS) is 18.3. The van der Waals surface area contributed by atoms with Crippen molar-refractivity contribution in [2.75, 3.05) is 12.3 Å². The summed E-state index contributed by atoms with van der Waals surface area (Å²) >= 11 is 1.44. The van der Waals surface area contributed by atoms with Crippen molar-refractivity contribution < 1.29 is 9.21 Å². The quantitative estimate of drug-likeness (QED) is 0.787. The average molecular weight is 334 g/mol. The first kappa shape index (κ1) is 16.1. The highest BCUT2D eigenvalue weighted by Crippen LogP contribution is 2.25. The minimum absolute atomic E-state index is 0.198. The molecule has 124 valence electrons. The fraction of sp³-hybridized carbons (Fsp3) is 0.562. The summed E-state index contributed by atoms with van der Waals surface area (Å²) in [6, 6.07) is 4.07. The number of carbonyl (C=O) groups is 1. The second-order valence-corrected chi connectivity index (χ2v) is 6.72. The monoisotopic (exact) mass is 334 g/mol. The van der Waals surface area contributed by atoms with E-state index >= 15 is 0 Å². The van der Waals surface area contributed by atoms with Gasteiger partial charge in [0.15, 0.2) is 16.7 Å². The van der Waals surface area contributed by atoms with Gasteiger partial charge < -0.3 is 13.9 Å². The molecule has 7 heteroatoms. The standard InChI is InChI=1S/C16H22N4O2S/c1-3-12-7-4-5-9-20(12)14(21)11-23-16-18-17-15(19(16)2)13-8-6-10-22-13/h6,8,10,12H,3-5,7,9,11H2,1-2H3/t12-/m1/s1. The molecule has 3 heterocycles. The molecule has 2 aromatic rings. The Hall–Kier alpha value is -1.76. The topological polar surface area (TPSA) is 64.2 Å². The van der Waals surface area contributed by atoms with Crippen LogP contribution in [-0.2, 0) is 11.8 Å². The molecule has 0 bridgehead atoms. The molecule has 1 saturated heterocycles. The molecular weight excluding hydrogens is 312 g/mol. The average Bonchev–Trinajstić information content (AvgIpc) is 3.22. The van der Waals surface area contributed by atoms with Crippen molar-refractivity contribution in [1.29, 1.82) is 0 Å². The van der Waals surface area contributed by atoms with Crippen LogP contribution in [0.4, 0.5) is 0 Å². The second-order valence-electron chi connectivity index (χ2n) is 5.78. The van der Waals surface area contributed by atoms with Gasteiger partial charge in [-0.1, -0.05) is 18.7 Å². The van der Waals surface area contributed by atoms with Crippen LogP contribution in [0.5, 0.6) is 0 Å². The largest absolute Gasteiger partial charge is 0.461 e. The van der Waals surface area contributed by atoms with Gasteiger partial charge in [-0.2, -0.15) is 0 Å². The van der Waals surface area contributed by atoms with Gasteiger partial charge in [0.1, 0.15) is 0 Å². The van der Waals surface area contributed by atoms with Crippen LogP contribution in [0.25, 0.3) is 11.6 Å². The maximum atomic E-state index is 12.5. The van der Waals surface area contributed by atoms with Crippen LogP contribution in [0.1, 0.15) is 32.6 Å². The van der Waals surface area contributed by atoms with E-state index in [4.69, 9.17) is 4.42 Å². The van der Waals surface area contributed by atoms with E-state index in [2.05, 4.69) is 17.1 Å². The van der Waals surface area contributed by atoms with E-state index in [0.717, 1.165) is 31.0 Å². The summed E-state index contributed by atoms with van der Waals surface area (Å²) in [7, 11) is 1.89. The van der Waals surface area contributed by atoms with Gasteiger partial charge in [-0.3, -0.25) is 4.79 Å². The molecule has 0 unspecified atom stereocenters. The third-order valence-corrected chi connectivity index (χ3v) is 5.32. The van der Waals surface area contributed by atoms with Crippen molar-refractivity contribution in [1.82, 2.24) is 19.7 Å². The van der Waals surface area contributed by atoms with Gasteiger partial charge in [0.2, 0.25) is 5.91 Å². The smallest absolute Gasteiger partial charge is 0.233 e. The number of furan rings is 1. The number of amides is 1. The molecule has 23 heavy (non-hydrogen) atoms. The van der Waals surface area contributed by atoms with Crippen molar-refractivity contribution in [2.45, 2.75) is 43.8 Å². The number of likely N-dealkylation sites (tertiary alicyclic amines) is 1. The fourth-order valence-electron chi connectivity index (χ4n) is 3.02. The van der Waals surface area contributed by atoms with Crippen LogP contribution < -0.4 is 0 Å². The van der Waals surface area contributed by atoms with Gasteiger partial charge in [0.05, 0.1) is 12.0 Å². The second kappa shape index (κ2) is 7.21. The van der Waals surface area contributed by atoms with Gasteiger partial charge in [-0.25, -0.2) is 0 Å². The highest BCUT2D eigenvalue weighted by atomic mass is 32.2. The molecule has 0 aliphatic carbocycles. The Bertz CT molecular complexity index is 653. The predicted molar refractivity (Wildman–Crippen MR) is 89.1 cm³/mol. The number of piperidine rings is 1. The van der Waals surface area contributed by atoms with E-state index in [1.165, 1.54) is 18.2 Å². The van der Waals surface area contributed by atoms with Gasteiger partial charge in [-0.15, -0.1) is 10.2 Å². The van der Waals surface area contributed by atoms with E-state index in [1.54, 1.807) is 6.26 Å². The van der Waals surface area contributed by atoms with Crippen LogP contribution in [-0.4, -0.2) is 43.9 Å². The summed E-state index contributed by atoms with van der Waals surface area (Å²) < 4.78 is 7.22. The predicted octanol–water partition coefficient (Wildman–Crippen LogP) is 2.96. The third kappa shape index (κ3) is 3.44. The first-order valence-electron chi connectivity index (χ1n) is 8.06. The SMILES string of the molecule is CC[C@@H]1CCCCN1C(=O)CSc1nnc(-c2ccco2)n1C. The van der Waals surface area contributed by atoms with Crippen molar-refractivity contribution >= 4 is 17.7 Å². The number of aromatic nitrogens is 3. The summed E-state index contributed by atoms with van der Waals surface area (Å²) in [5, 5.41) is 9.06. The Labute approximate surface area is 140 Å². The van der Waals surface area contributed by atoms with E-state index < -0.39 is 0 Å². The molecule has 0 saturated carbocycles. The van der Waals surface area contributed by atoms with Crippen molar-refractivity contribution in [3.63, 3.8) is 0 Å². The van der Waals surface area contributed by atoms with Gasteiger partial charge in [-0.05, 0) is 37.8 Å². The van der Waals surface area contributed by atoms with Crippen molar-refractivity contribution in [3.8, 4) is 11.6 Å². The Morgan fingerprint density at radius 3 is 3.04 bits per heavy atom. The molecule has 2 aromatic heterocycles. The molecule has 3 rings (SSSR count). The Morgan fingerprint density at radius 1 is 1.43 bits per heavy atom. The van der Waals surface area contributed by atoms with Crippen LogP contribution in [0.15, 0.2) is 28.0 Å². The summed E-state index contributed by atoms with van der Waals surface area (Å²) in [6.07, 6.45) is 6.11. The van der Waals surface area contributed by atoms with Crippen LogP contribution in [0, 0.1) is 0 Å². The minimum Gasteiger partial charge on any atom is -0.461 e. The molecule has 0 spiro atoms. The molecule has 1 atom stereocenters. The maximum absolute atomic E-state index is 12.5. The lowest BCUT2D eigenvalue weighted by Crippen LogP contribution is -2.44. The zero-order chi connectivity index (χ0) is 16.2. The molecule has 1 amide bonds. The van der Waals surface area contributed by atoms with Crippen LogP contribution in [0.3, 0.4) is 0 Å². The van der Waals surface area contributed by atoms with E-state index in [-0.39, 0.29) is 5.91 Å². The maximum Gasteiger partial charge on any atom is 0.233 e. The first-order valence-corrected chi connectivity index (χ1v) is 9.04. The highest BCUT2D eigenvalue weighted by Gasteiger charge is 2.25. The van der Waals surface area contributed by atoms with E-state index in [1.807, 2.05) is 28.6 Å². The highest BCUT2D eigenvalue weighted by molar-refractivity contribution is 7.99. The molecule has 0 N–H and O–H groups in total. The number of rotatable bonds is 5. The fourth-order valence-corrected chi connectivity index (χ4v) is 3.82. The number of hydrogen-bond acceptors (Lipinski definition) is 5. The van der Waals surface area contributed by atoms with E-state index in [0.29, 0.717) is 23.4 Å². The molecule has 1 fully saturated rings. The lowest BCUT2D eigenvalue weighted by atomic mass is 10.0. The summed E-state index contributed by atoms with van der Waals surface area (Å²) in [6.45, 7) is 3.04. The summed E-state index contributed by atoms with van der Waals surface area (Å²) in [5.74, 6) is 1.96. The van der Waals surface area contributed by atoms with Crippen LogP contribution in [0.2, 0.25) is 0 Å². The Morgan fingerprint density at radius 2 is 2.30 bits per heavy atom. The van der Waals surface area contributed by atoms with Gasteiger partial charge in [0, 0.05) is 19.6 Å². The molecular formula is C16H22N4O2S. The number of nitrogens with zero attached hydrogens (tertiary/aromatic N) is 4. The Balaban J connectivity index is 1.63. The van der Waals surface area contributed by atoms with Crippen molar-refractivity contribution in [3.05, 3.63) is 18.4 Å². The summed E-state index contributed by atoms with van der Waals surface area (Å²) in [5.41, 5.74) is 0. The molecule has 0 aromatic carbocycles. The molecule has 1 aliphatic rings. The lowest BCUT2D eigenvalue weighted by molar-refractivity contribution is -0.132. The third-order valence-electron chi connectivity index (χ3n) is 4.32. The number of thioether (sulfide) groups is 1. The van der Waals surface area contributed by atoms with Crippen LogP contribution >= 0.6 is 11.8 Å². The summed E-state index contributed by atoms with van der Waals surface area (Å²) in [4.78, 5) is 14.6. The lowest BCUT2D eigenvalue weighted by Gasteiger charge is -2.35. The van der Waals surface area contributed by atoms with Crippen molar-refractivity contribution in [2.24, 2.45) is 7.05 Å². The molecule has 6 nitrogen and oxygen atoms in total. The zero-order valence-corrected chi connectivity index (χ0v) is 14.4. The Kier molecular flexibility index (Phi) is 5.05. The first-order chi connectivity index (χ1) is 11.2. The number of carbonyl (C=O) groups excluding carboxylic acids is 1. The van der Waals surface area contributed by atoms with Gasteiger partial charge >= 0.3 is 0 Å². The van der Waals surface area contributed by atoms with E-state index in [9.17, 15) is 4.79 Å². The number of hydrogen-bond donors (Lipinski definition) is 0. The van der Waals surface area contributed by atoms with Gasteiger partial charge in [0.25, 0.3) is 0 Å².